The van der Waals surface area contributed by atoms with E-state index in [1.165, 1.54) is 41.5 Å². The zero-order valence-corrected chi connectivity index (χ0v) is 16.2. The molecule has 1 aliphatic carbocycles. The molecule has 3 rings (SSSR count). The van der Waals surface area contributed by atoms with Gasteiger partial charge in [0.15, 0.2) is 4.34 Å². The maximum atomic E-state index is 12.4. The van der Waals surface area contributed by atoms with Crippen LogP contribution >= 0.6 is 23.1 Å². The van der Waals surface area contributed by atoms with Crippen molar-refractivity contribution in [2.75, 3.05) is 17.6 Å². The Morgan fingerprint density at radius 1 is 1.28 bits per heavy atom. The van der Waals surface area contributed by atoms with Crippen LogP contribution in [0.4, 0.5) is 5.13 Å². The van der Waals surface area contributed by atoms with Crippen molar-refractivity contribution in [2.24, 2.45) is 11.8 Å². The highest BCUT2D eigenvalue weighted by atomic mass is 32.2. The van der Waals surface area contributed by atoms with Gasteiger partial charge in [-0.3, -0.25) is 4.79 Å². The number of hydrogen-bond acceptors (Lipinski definition) is 6. The molecule has 25 heavy (non-hydrogen) atoms. The van der Waals surface area contributed by atoms with Crippen molar-refractivity contribution in [1.82, 2.24) is 15.5 Å². The highest BCUT2D eigenvalue weighted by Crippen LogP contribution is 2.41. The zero-order valence-electron chi connectivity index (χ0n) is 14.6. The van der Waals surface area contributed by atoms with Gasteiger partial charge in [0.1, 0.15) is 0 Å². The molecule has 0 spiro atoms. The second-order valence-corrected chi connectivity index (χ2v) is 8.93. The first-order chi connectivity index (χ1) is 12.1. The lowest BCUT2D eigenvalue weighted by Crippen LogP contribution is -2.31. The van der Waals surface area contributed by atoms with Crippen LogP contribution in [0.3, 0.4) is 0 Å². The molecule has 1 aromatic carbocycles. The van der Waals surface area contributed by atoms with Gasteiger partial charge in [-0.05, 0) is 30.2 Å². The van der Waals surface area contributed by atoms with Gasteiger partial charge >= 0.3 is 0 Å². The topological polar surface area (TPSA) is 66.9 Å². The summed E-state index contributed by atoms with van der Waals surface area (Å²) in [6, 6.07) is 10.4. The van der Waals surface area contributed by atoms with Crippen LogP contribution in [0.5, 0.6) is 0 Å². The molecule has 5 nitrogen and oxygen atoms in total. The summed E-state index contributed by atoms with van der Waals surface area (Å²) < 4.78 is 0.823. The van der Waals surface area contributed by atoms with E-state index in [1.807, 2.05) is 18.2 Å². The first-order valence-electron chi connectivity index (χ1n) is 8.66. The molecule has 1 fully saturated rings. The second-order valence-electron chi connectivity index (χ2n) is 6.73. The van der Waals surface area contributed by atoms with E-state index in [9.17, 15) is 4.79 Å². The summed E-state index contributed by atoms with van der Waals surface area (Å²) >= 11 is 2.95. The molecule has 1 amide bonds. The van der Waals surface area contributed by atoms with Crippen molar-refractivity contribution in [3.63, 3.8) is 0 Å². The maximum Gasteiger partial charge on any atom is 0.230 e. The molecule has 1 aromatic heterocycles. The number of nitrogens with one attached hydrogen (secondary N) is 2. The van der Waals surface area contributed by atoms with Crippen molar-refractivity contribution >= 4 is 34.1 Å². The van der Waals surface area contributed by atoms with Crippen molar-refractivity contribution in [3.8, 4) is 0 Å². The molecule has 2 N–H and O–H groups in total. The largest absolute Gasteiger partial charge is 0.360 e. The number of thioether (sulfide) groups is 1. The first kappa shape index (κ1) is 18.2. The van der Waals surface area contributed by atoms with Gasteiger partial charge in [-0.25, -0.2) is 0 Å². The number of rotatable bonds is 9. The third kappa shape index (κ3) is 5.71. The quantitative estimate of drug-likeness (QED) is 0.648. The monoisotopic (exact) mass is 376 g/mol. The number of nitrogens with zero attached hydrogens (tertiary/aromatic N) is 2. The third-order valence-electron chi connectivity index (χ3n) is 3.96. The maximum absolute atomic E-state index is 12.4. The second kappa shape index (κ2) is 8.67. The molecule has 1 unspecified atom stereocenters. The highest BCUT2D eigenvalue weighted by Gasteiger charge is 2.33. The van der Waals surface area contributed by atoms with Crippen molar-refractivity contribution in [2.45, 2.75) is 37.1 Å². The molecule has 1 aliphatic rings. The van der Waals surface area contributed by atoms with Crippen molar-refractivity contribution in [1.29, 1.82) is 0 Å². The summed E-state index contributed by atoms with van der Waals surface area (Å²) in [6.45, 7) is 5.17. The average molecular weight is 377 g/mol. The lowest BCUT2D eigenvalue weighted by molar-refractivity contribution is -0.119. The van der Waals surface area contributed by atoms with Crippen LogP contribution in [-0.2, 0) is 4.79 Å². The summed E-state index contributed by atoms with van der Waals surface area (Å²) in [5, 5.41) is 15.5. The fourth-order valence-electron chi connectivity index (χ4n) is 2.54. The number of hydrogen-bond donors (Lipinski definition) is 2. The van der Waals surface area contributed by atoms with Gasteiger partial charge in [0, 0.05) is 6.54 Å². The lowest BCUT2D eigenvalue weighted by atomic mass is 10.0. The Morgan fingerprint density at radius 3 is 2.72 bits per heavy atom. The predicted octanol–water partition coefficient (Wildman–Crippen LogP) is 3.97. The van der Waals surface area contributed by atoms with E-state index in [1.54, 1.807) is 0 Å². The minimum Gasteiger partial charge on any atom is -0.360 e. The number of amides is 1. The summed E-state index contributed by atoms with van der Waals surface area (Å²) in [4.78, 5) is 12.4. The molecule has 0 radical (unpaired) electrons. The molecular formula is C18H24N4OS2. The molecule has 2 aromatic rings. The summed E-state index contributed by atoms with van der Waals surface area (Å²) in [5.41, 5.74) is 1.19. The number of carbonyl (C=O) groups is 1. The average Bonchev–Trinajstić information content (AvgIpc) is 3.35. The van der Waals surface area contributed by atoms with E-state index < -0.39 is 0 Å². The van der Waals surface area contributed by atoms with Crippen LogP contribution < -0.4 is 10.6 Å². The SMILES string of the molecule is CC(C)CNc1nnc(SCC(=O)NC(c2ccccc2)C2CC2)s1. The van der Waals surface area contributed by atoms with E-state index in [0.29, 0.717) is 17.6 Å². The molecule has 1 heterocycles. The molecule has 134 valence electrons. The van der Waals surface area contributed by atoms with Gasteiger partial charge < -0.3 is 10.6 Å². The number of aromatic nitrogens is 2. The van der Waals surface area contributed by atoms with Crippen LogP contribution in [-0.4, -0.2) is 28.4 Å². The van der Waals surface area contributed by atoms with E-state index >= 15 is 0 Å². The van der Waals surface area contributed by atoms with Gasteiger partial charge in [0.05, 0.1) is 11.8 Å². The number of benzene rings is 1. The Balaban J connectivity index is 1.49. The van der Waals surface area contributed by atoms with E-state index in [4.69, 9.17) is 0 Å². The minimum absolute atomic E-state index is 0.0534. The normalized spacial score (nSPS) is 15.2. The smallest absolute Gasteiger partial charge is 0.230 e. The summed E-state index contributed by atoms with van der Waals surface area (Å²) in [5.74, 6) is 1.56. The van der Waals surface area contributed by atoms with Crippen molar-refractivity contribution < 1.29 is 4.79 Å². The van der Waals surface area contributed by atoms with Gasteiger partial charge in [-0.1, -0.05) is 67.3 Å². The van der Waals surface area contributed by atoms with E-state index in [-0.39, 0.29) is 11.9 Å². The van der Waals surface area contributed by atoms with Gasteiger partial charge in [-0.2, -0.15) is 0 Å². The molecule has 0 saturated heterocycles. The Hall–Kier alpha value is -1.60. The molecule has 1 saturated carbocycles. The first-order valence-corrected chi connectivity index (χ1v) is 10.5. The van der Waals surface area contributed by atoms with Crippen LogP contribution in [0.1, 0.15) is 38.3 Å². The van der Waals surface area contributed by atoms with Crippen LogP contribution in [0.25, 0.3) is 0 Å². The van der Waals surface area contributed by atoms with E-state index in [0.717, 1.165) is 16.0 Å². The Kier molecular flexibility index (Phi) is 6.31. The summed E-state index contributed by atoms with van der Waals surface area (Å²) in [6.07, 6.45) is 2.38. The summed E-state index contributed by atoms with van der Waals surface area (Å²) in [7, 11) is 0. The Morgan fingerprint density at radius 2 is 2.04 bits per heavy atom. The standard InChI is InChI=1S/C18H24N4OS2/c1-12(2)10-19-17-21-22-18(25-17)24-11-15(23)20-16(14-8-9-14)13-6-4-3-5-7-13/h3-7,12,14,16H,8-11H2,1-2H3,(H,19,21)(H,20,23). The van der Waals surface area contributed by atoms with Gasteiger partial charge in [0.25, 0.3) is 0 Å². The third-order valence-corrected chi connectivity index (χ3v) is 5.98. The molecule has 7 heteroatoms. The Bertz CT molecular complexity index is 685. The predicted molar refractivity (Wildman–Crippen MR) is 104 cm³/mol. The lowest BCUT2D eigenvalue weighted by Gasteiger charge is -2.18. The fourth-order valence-corrected chi connectivity index (χ4v) is 4.11. The molecular weight excluding hydrogens is 352 g/mol. The van der Waals surface area contributed by atoms with Crippen LogP contribution in [0.2, 0.25) is 0 Å². The Labute approximate surface area is 157 Å². The molecule has 1 atom stereocenters. The van der Waals surface area contributed by atoms with Gasteiger partial charge in [-0.15, -0.1) is 10.2 Å². The van der Waals surface area contributed by atoms with Crippen LogP contribution in [0, 0.1) is 11.8 Å². The molecule has 0 aliphatic heterocycles. The van der Waals surface area contributed by atoms with Gasteiger partial charge in [0.2, 0.25) is 11.0 Å². The zero-order chi connectivity index (χ0) is 17.6. The van der Waals surface area contributed by atoms with Crippen molar-refractivity contribution in [3.05, 3.63) is 35.9 Å². The number of anilines is 1. The fraction of sp³-hybridized carbons (Fsp3) is 0.500. The number of carbonyl (C=O) groups excluding carboxylic acids is 1. The minimum atomic E-state index is 0.0534. The van der Waals surface area contributed by atoms with E-state index in [2.05, 4.69) is 46.8 Å². The highest BCUT2D eigenvalue weighted by molar-refractivity contribution is 8.01. The van der Waals surface area contributed by atoms with Crippen LogP contribution in [0.15, 0.2) is 34.7 Å². The molecule has 0 bridgehead atoms.